The summed E-state index contributed by atoms with van der Waals surface area (Å²) in [5, 5.41) is 11.0. The molecule has 5 heteroatoms. The van der Waals surface area contributed by atoms with E-state index in [-0.39, 0.29) is 17.0 Å². The van der Waals surface area contributed by atoms with Gasteiger partial charge >= 0.3 is 0 Å². The molecule has 0 N–H and O–H groups in total. The summed E-state index contributed by atoms with van der Waals surface area (Å²) in [4.78, 5) is 15.6. The number of likely N-dealkylation sites (N-methyl/N-ethyl adjacent to an activating group) is 1. The van der Waals surface area contributed by atoms with Crippen molar-refractivity contribution in [3.05, 3.63) is 10.1 Å². The lowest BCUT2D eigenvalue weighted by Gasteiger charge is -2.40. The van der Waals surface area contributed by atoms with Gasteiger partial charge in [-0.05, 0) is 19.9 Å². The zero-order valence-electron chi connectivity index (χ0n) is 9.97. The zero-order chi connectivity index (χ0) is 11.5. The summed E-state index contributed by atoms with van der Waals surface area (Å²) < 4.78 is 0. The van der Waals surface area contributed by atoms with Crippen LogP contribution in [-0.4, -0.2) is 60.0 Å². The molecule has 2 fully saturated rings. The summed E-state index contributed by atoms with van der Waals surface area (Å²) in [6.45, 7) is 4.07. The Hall–Kier alpha value is -0.680. The maximum Gasteiger partial charge on any atom is 0.228 e. The molecule has 92 valence electrons. The Morgan fingerprint density at radius 3 is 2.38 bits per heavy atom. The lowest BCUT2D eigenvalue weighted by atomic mass is 9.89. The van der Waals surface area contributed by atoms with Gasteiger partial charge in [0.2, 0.25) is 6.04 Å². The van der Waals surface area contributed by atoms with E-state index in [2.05, 4.69) is 16.8 Å². The van der Waals surface area contributed by atoms with E-state index in [1.54, 1.807) is 0 Å². The summed E-state index contributed by atoms with van der Waals surface area (Å²) in [7, 11) is 2.11. The van der Waals surface area contributed by atoms with Gasteiger partial charge in [0.05, 0.1) is 6.04 Å². The fraction of sp³-hybridized carbons (Fsp3) is 1.00. The highest BCUT2D eigenvalue weighted by molar-refractivity contribution is 4.86. The Morgan fingerprint density at radius 1 is 1.12 bits per heavy atom. The average Bonchev–Trinajstić information content (AvgIpc) is 2.30. The van der Waals surface area contributed by atoms with Crippen LogP contribution < -0.4 is 0 Å². The third-order valence-electron chi connectivity index (χ3n) is 3.97. The minimum Gasteiger partial charge on any atom is -0.304 e. The molecule has 0 bridgehead atoms. The normalized spacial score (nSPS) is 33.8. The van der Waals surface area contributed by atoms with Crippen LogP contribution >= 0.6 is 0 Å². The van der Waals surface area contributed by atoms with Crippen molar-refractivity contribution in [1.29, 1.82) is 0 Å². The van der Waals surface area contributed by atoms with E-state index in [0.29, 0.717) is 0 Å². The van der Waals surface area contributed by atoms with Crippen LogP contribution in [0.1, 0.15) is 25.7 Å². The van der Waals surface area contributed by atoms with Crippen molar-refractivity contribution in [3.63, 3.8) is 0 Å². The van der Waals surface area contributed by atoms with Gasteiger partial charge in [0.1, 0.15) is 0 Å². The van der Waals surface area contributed by atoms with Crippen LogP contribution in [0.15, 0.2) is 0 Å². The molecule has 5 nitrogen and oxygen atoms in total. The van der Waals surface area contributed by atoms with Crippen LogP contribution in [-0.2, 0) is 0 Å². The number of hydrogen-bond donors (Lipinski definition) is 0. The number of piperazine rings is 1. The maximum atomic E-state index is 11.0. The molecule has 0 amide bonds. The number of nitrogens with zero attached hydrogens (tertiary/aromatic N) is 3. The first-order valence-electron chi connectivity index (χ1n) is 6.24. The third-order valence-corrected chi connectivity index (χ3v) is 3.97. The predicted octanol–water partition coefficient (Wildman–Crippen LogP) is 0.822. The van der Waals surface area contributed by atoms with Gasteiger partial charge in [0.15, 0.2) is 0 Å². The summed E-state index contributed by atoms with van der Waals surface area (Å²) in [6, 6.07) is -0.130. The first-order chi connectivity index (χ1) is 7.68. The number of rotatable bonds is 2. The summed E-state index contributed by atoms with van der Waals surface area (Å²) >= 11 is 0. The van der Waals surface area contributed by atoms with Gasteiger partial charge in [-0.15, -0.1) is 0 Å². The van der Waals surface area contributed by atoms with Gasteiger partial charge in [-0.2, -0.15) is 0 Å². The van der Waals surface area contributed by atoms with E-state index in [0.717, 1.165) is 51.9 Å². The maximum absolute atomic E-state index is 11.0. The quantitative estimate of drug-likeness (QED) is 0.518. The van der Waals surface area contributed by atoms with Crippen molar-refractivity contribution >= 4 is 0 Å². The predicted molar refractivity (Wildman–Crippen MR) is 62.1 cm³/mol. The highest BCUT2D eigenvalue weighted by Gasteiger charge is 2.38. The van der Waals surface area contributed by atoms with Gasteiger partial charge in [-0.3, -0.25) is 15.0 Å². The minimum atomic E-state index is -0.322. The zero-order valence-corrected chi connectivity index (χ0v) is 9.97. The Labute approximate surface area is 96.5 Å². The average molecular weight is 227 g/mol. The topological polar surface area (TPSA) is 49.6 Å². The molecule has 1 aliphatic carbocycles. The van der Waals surface area contributed by atoms with E-state index in [4.69, 9.17) is 0 Å². The van der Waals surface area contributed by atoms with Gasteiger partial charge in [0, 0.05) is 37.5 Å². The second-order valence-electron chi connectivity index (χ2n) is 5.04. The smallest absolute Gasteiger partial charge is 0.228 e. The molecule has 0 aromatic rings. The molecule has 1 aliphatic heterocycles. The Morgan fingerprint density at radius 2 is 1.75 bits per heavy atom. The van der Waals surface area contributed by atoms with Crippen molar-refractivity contribution in [2.24, 2.45) is 0 Å². The highest BCUT2D eigenvalue weighted by Crippen LogP contribution is 2.25. The lowest BCUT2D eigenvalue weighted by Crippen LogP contribution is -2.55. The molecule has 1 saturated carbocycles. The summed E-state index contributed by atoms with van der Waals surface area (Å²) in [5.74, 6) is 0. The van der Waals surface area contributed by atoms with Crippen LogP contribution in [0.3, 0.4) is 0 Å². The Kier molecular flexibility index (Phi) is 3.76. The van der Waals surface area contributed by atoms with E-state index >= 15 is 0 Å². The molecule has 2 unspecified atom stereocenters. The van der Waals surface area contributed by atoms with Gasteiger partial charge in [0.25, 0.3) is 0 Å². The molecule has 1 saturated heterocycles. The van der Waals surface area contributed by atoms with Crippen molar-refractivity contribution in [2.45, 2.75) is 37.8 Å². The fourth-order valence-corrected chi connectivity index (χ4v) is 2.92. The fourth-order valence-electron chi connectivity index (χ4n) is 2.92. The minimum absolute atomic E-state index is 0.0534. The van der Waals surface area contributed by atoms with Crippen LogP contribution in [0.5, 0.6) is 0 Å². The molecule has 0 spiro atoms. The van der Waals surface area contributed by atoms with Gasteiger partial charge in [-0.25, -0.2) is 0 Å². The van der Waals surface area contributed by atoms with Gasteiger partial charge in [-0.1, -0.05) is 6.42 Å². The van der Waals surface area contributed by atoms with Crippen molar-refractivity contribution in [2.75, 3.05) is 33.2 Å². The van der Waals surface area contributed by atoms with E-state index in [1.165, 1.54) is 0 Å². The van der Waals surface area contributed by atoms with E-state index in [1.807, 2.05) is 0 Å². The third kappa shape index (κ3) is 2.52. The number of hydrogen-bond acceptors (Lipinski definition) is 4. The van der Waals surface area contributed by atoms with Crippen LogP contribution in [0, 0.1) is 10.1 Å². The Bertz CT molecular complexity index is 252. The monoisotopic (exact) mass is 227 g/mol. The first-order valence-corrected chi connectivity index (χ1v) is 6.24. The first kappa shape index (κ1) is 11.8. The molecule has 1 heterocycles. The lowest BCUT2D eigenvalue weighted by molar-refractivity contribution is -0.534. The Balaban J connectivity index is 1.97. The molecular weight excluding hydrogens is 206 g/mol. The van der Waals surface area contributed by atoms with Crippen molar-refractivity contribution in [3.8, 4) is 0 Å². The molecule has 2 rings (SSSR count). The van der Waals surface area contributed by atoms with E-state index in [9.17, 15) is 10.1 Å². The molecular formula is C11H21N3O2. The van der Waals surface area contributed by atoms with Gasteiger partial charge < -0.3 is 4.90 Å². The molecule has 0 radical (unpaired) electrons. The molecule has 0 aromatic heterocycles. The standard InChI is InChI=1S/C11H21N3O2/c1-12-6-8-13(9-7-12)10-4-2-3-5-11(10)14(15)16/h10-11H,2-9H2,1H3. The summed E-state index contributed by atoms with van der Waals surface area (Å²) in [5.41, 5.74) is 0. The van der Waals surface area contributed by atoms with Crippen molar-refractivity contribution in [1.82, 2.24) is 9.80 Å². The van der Waals surface area contributed by atoms with E-state index < -0.39 is 0 Å². The van der Waals surface area contributed by atoms with Crippen LogP contribution in [0.4, 0.5) is 0 Å². The van der Waals surface area contributed by atoms with Crippen LogP contribution in [0.2, 0.25) is 0 Å². The highest BCUT2D eigenvalue weighted by atomic mass is 16.6. The molecule has 0 aromatic carbocycles. The van der Waals surface area contributed by atoms with Crippen molar-refractivity contribution < 1.29 is 4.92 Å². The second kappa shape index (κ2) is 5.10. The molecule has 2 atom stereocenters. The van der Waals surface area contributed by atoms with Crippen LogP contribution in [0.25, 0.3) is 0 Å². The molecule has 2 aliphatic rings. The number of nitro groups is 1. The SMILES string of the molecule is CN1CCN(C2CCCCC2[N+](=O)[O-])CC1. The largest absolute Gasteiger partial charge is 0.304 e. The second-order valence-corrected chi connectivity index (χ2v) is 5.04. The summed E-state index contributed by atoms with van der Waals surface area (Å²) in [6.07, 6.45) is 3.95. The molecule has 16 heavy (non-hydrogen) atoms.